The zero-order valence-corrected chi connectivity index (χ0v) is 15.8. The largest absolute Gasteiger partial charge is 0.383 e. The van der Waals surface area contributed by atoms with Gasteiger partial charge in [-0.1, -0.05) is 12.1 Å². The third kappa shape index (κ3) is 3.92. The van der Waals surface area contributed by atoms with Crippen LogP contribution >= 0.6 is 0 Å². The highest BCUT2D eigenvalue weighted by molar-refractivity contribution is 5.95. The Kier molecular flexibility index (Phi) is 5.96. The number of aromatic nitrogens is 1. The highest BCUT2D eigenvalue weighted by Crippen LogP contribution is 2.39. The van der Waals surface area contributed by atoms with Crippen molar-refractivity contribution in [3.05, 3.63) is 17.5 Å². The number of carbonyl (C=O) groups is 2. The van der Waals surface area contributed by atoms with E-state index in [-0.39, 0.29) is 17.2 Å². The van der Waals surface area contributed by atoms with Crippen LogP contribution < -0.4 is 0 Å². The molecule has 3 heterocycles. The van der Waals surface area contributed by atoms with E-state index < -0.39 is 0 Å². The number of carbonyl (C=O) groups excluding carboxylic acids is 2. The number of likely N-dealkylation sites (tertiary alicyclic amines) is 2. The van der Waals surface area contributed by atoms with Gasteiger partial charge in [0.25, 0.3) is 5.91 Å². The zero-order chi connectivity index (χ0) is 18.6. The van der Waals surface area contributed by atoms with E-state index in [0.717, 1.165) is 38.6 Å². The number of ether oxygens (including phenoxy) is 1. The molecule has 0 radical (unpaired) electrons. The number of piperidine rings is 2. The van der Waals surface area contributed by atoms with Crippen molar-refractivity contribution in [2.45, 2.75) is 45.4 Å². The average molecular weight is 363 g/mol. The van der Waals surface area contributed by atoms with E-state index in [4.69, 9.17) is 9.26 Å². The van der Waals surface area contributed by atoms with Gasteiger partial charge in [0, 0.05) is 51.5 Å². The summed E-state index contributed by atoms with van der Waals surface area (Å²) in [6.07, 6.45) is 6.61. The van der Waals surface area contributed by atoms with Gasteiger partial charge in [-0.2, -0.15) is 0 Å². The summed E-state index contributed by atoms with van der Waals surface area (Å²) in [6, 6.07) is 0. The molecule has 2 aliphatic rings. The molecule has 0 aliphatic carbocycles. The second-order valence-electron chi connectivity index (χ2n) is 7.55. The van der Waals surface area contributed by atoms with Crippen LogP contribution in [0.4, 0.5) is 0 Å². The summed E-state index contributed by atoms with van der Waals surface area (Å²) < 4.78 is 10.4. The lowest BCUT2D eigenvalue weighted by Crippen LogP contribution is -2.55. The van der Waals surface area contributed by atoms with Crippen LogP contribution in [0.3, 0.4) is 0 Å². The van der Waals surface area contributed by atoms with E-state index in [9.17, 15) is 9.59 Å². The van der Waals surface area contributed by atoms with Crippen molar-refractivity contribution < 1.29 is 18.8 Å². The number of hydrogen-bond donors (Lipinski definition) is 0. The average Bonchev–Trinajstić information content (AvgIpc) is 3.11. The van der Waals surface area contributed by atoms with E-state index >= 15 is 0 Å². The predicted octanol–water partition coefficient (Wildman–Crippen LogP) is 2.12. The quantitative estimate of drug-likeness (QED) is 0.774. The first-order valence-electron chi connectivity index (χ1n) is 9.58. The van der Waals surface area contributed by atoms with Crippen molar-refractivity contribution in [2.75, 3.05) is 39.9 Å². The second-order valence-corrected chi connectivity index (χ2v) is 7.55. The lowest BCUT2D eigenvalue weighted by Gasteiger charge is -2.48. The number of hydrogen-bond acceptors (Lipinski definition) is 5. The first-order chi connectivity index (χ1) is 12.6. The maximum Gasteiger partial charge on any atom is 0.259 e. The molecule has 1 atom stereocenters. The van der Waals surface area contributed by atoms with Crippen LogP contribution in [0.2, 0.25) is 0 Å². The van der Waals surface area contributed by atoms with Crippen molar-refractivity contribution in [3.63, 3.8) is 0 Å². The highest BCUT2D eigenvalue weighted by Gasteiger charge is 2.43. The number of amides is 2. The van der Waals surface area contributed by atoms with Crippen LogP contribution in [-0.2, 0) is 16.0 Å². The van der Waals surface area contributed by atoms with Gasteiger partial charge in [-0.15, -0.1) is 0 Å². The Labute approximate surface area is 154 Å². The summed E-state index contributed by atoms with van der Waals surface area (Å²) >= 11 is 0. The molecule has 2 saturated heterocycles. The monoisotopic (exact) mass is 363 g/mol. The third-order valence-electron chi connectivity index (χ3n) is 5.61. The molecule has 0 unspecified atom stereocenters. The van der Waals surface area contributed by atoms with Gasteiger partial charge in [0.15, 0.2) is 0 Å². The summed E-state index contributed by atoms with van der Waals surface area (Å²) in [5, 5.41) is 3.83. The molecule has 0 N–H and O–H groups in total. The molecule has 0 bridgehead atoms. The highest BCUT2D eigenvalue weighted by atomic mass is 16.5. The molecule has 7 heteroatoms. The molecule has 2 amide bonds. The van der Waals surface area contributed by atoms with Gasteiger partial charge in [0.2, 0.25) is 5.91 Å². The first kappa shape index (κ1) is 18.9. The van der Waals surface area contributed by atoms with E-state index in [2.05, 4.69) is 12.1 Å². The Morgan fingerprint density at radius 2 is 2.23 bits per heavy atom. The van der Waals surface area contributed by atoms with Crippen LogP contribution in [0.1, 0.15) is 55.1 Å². The minimum absolute atomic E-state index is 0.00234. The Morgan fingerprint density at radius 3 is 3.00 bits per heavy atom. The molecule has 7 nitrogen and oxygen atoms in total. The molecule has 2 fully saturated rings. The molecule has 3 rings (SSSR count). The molecule has 1 spiro atoms. The third-order valence-corrected chi connectivity index (χ3v) is 5.61. The maximum atomic E-state index is 13.0. The Hall–Kier alpha value is -1.89. The molecule has 0 saturated carbocycles. The molecular weight excluding hydrogens is 334 g/mol. The Balaban J connectivity index is 1.71. The van der Waals surface area contributed by atoms with Gasteiger partial charge in [-0.3, -0.25) is 9.59 Å². The van der Waals surface area contributed by atoms with Crippen molar-refractivity contribution >= 4 is 11.8 Å². The first-order valence-corrected chi connectivity index (χ1v) is 9.58. The van der Waals surface area contributed by atoms with E-state index in [1.54, 1.807) is 13.3 Å². The molecule has 0 aromatic carbocycles. The van der Waals surface area contributed by atoms with Crippen LogP contribution in [0.5, 0.6) is 0 Å². The van der Waals surface area contributed by atoms with Crippen LogP contribution in [0.15, 0.2) is 10.7 Å². The van der Waals surface area contributed by atoms with Gasteiger partial charge < -0.3 is 19.1 Å². The molecule has 2 aliphatic heterocycles. The van der Waals surface area contributed by atoms with E-state index in [1.165, 1.54) is 0 Å². The molecule has 1 aromatic rings. The Morgan fingerprint density at radius 1 is 1.38 bits per heavy atom. The van der Waals surface area contributed by atoms with Gasteiger partial charge in [-0.05, 0) is 25.7 Å². The van der Waals surface area contributed by atoms with E-state index in [0.29, 0.717) is 44.0 Å². The lowest BCUT2D eigenvalue weighted by molar-refractivity contribution is -0.139. The SMILES string of the molecule is CCCc1oncc1C(=O)N1CCC[C@@]2(CCC(=O)N(CCOC)C2)C1. The fourth-order valence-electron chi connectivity index (χ4n) is 4.24. The minimum Gasteiger partial charge on any atom is -0.383 e. The summed E-state index contributed by atoms with van der Waals surface area (Å²) in [6.45, 7) is 5.39. The fourth-order valence-corrected chi connectivity index (χ4v) is 4.24. The molecule has 1 aromatic heterocycles. The van der Waals surface area contributed by atoms with Gasteiger partial charge >= 0.3 is 0 Å². The summed E-state index contributed by atoms with van der Waals surface area (Å²) in [7, 11) is 1.65. The molecular formula is C19H29N3O4. The summed E-state index contributed by atoms with van der Waals surface area (Å²) in [4.78, 5) is 29.1. The standard InChI is InChI=1S/C19H29N3O4/c1-3-5-16-15(12-20-26-16)18(24)22-9-4-7-19(14-22)8-6-17(23)21(13-19)10-11-25-2/h12H,3-11,13-14H2,1-2H3/t19-/m0/s1. The zero-order valence-electron chi connectivity index (χ0n) is 15.8. The van der Waals surface area contributed by atoms with Gasteiger partial charge in [0.1, 0.15) is 11.3 Å². The normalized spacial score (nSPS) is 23.7. The van der Waals surface area contributed by atoms with Gasteiger partial charge in [0.05, 0.1) is 12.8 Å². The van der Waals surface area contributed by atoms with Crippen molar-refractivity contribution in [3.8, 4) is 0 Å². The number of rotatable bonds is 6. The van der Waals surface area contributed by atoms with Crippen LogP contribution in [0, 0.1) is 5.41 Å². The van der Waals surface area contributed by atoms with E-state index in [1.807, 2.05) is 9.80 Å². The smallest absolute Gasteiger partial charge is 0.259 e. The second kappa shape index (κ2) is 8.20. The van der Waals surface area contributed by atoms with Gasteiger partial charge in [-0.25, -0.2) is 0 Å². The summed E-state index contributed by atoms with van der Waals surface area (Å²) in [5.41, 5.74) is 0.588. The molecule has 144 valence electrons. The van der Waals surface area contributed by atoms with Crippen molar-refractivity contribution in [1.82, 2.24) is 15.0 Å². The molecule has 26 heavy (non-hydrogen) atoms. The number of methoxy groups -OCH3 is 1. The predicted molar refractivity (Wildman–Crippen MR) is 95.8 cm³/mol. The summed E-state index contributed by atoms with van der Waals surface area (Å²) in [5.74, 6) is 0.882. The lowest BCUT2D eigenvalue weighted by atomic mass is 9.73. The minimum atomic E-state index is -0.00234. The maximum absolute atomic E-state index is 13.0. The van der Waals surface area contributed by atoms with Crippen molar-refractivity contribution in [2.24, 2.45) is 5.41 Å². The number of nitrogens with zero attached hydrogens (tertiary/aromatic N) is 3. The van der Waals surface area contributed by atoms with Crippen LogP contribution in [-0.4, -0.2) is 66.7 Å². The topological polar surface area (TPSA) is 75.9 Å². The fraction of sp³-hybridized carbons (Fsp3) is 0.737. The number of aryl methyl sites for hydroxylation is 1. The van der Waals surface area contributed by atoms with Crippen molar-refractivity contribution in [1.29, 1.82) is 0 Å². The Bertz CT molecular complexity index is 644. The van der Waals surface area contributed by atoms with Crippen LogP contribution in [0.25, 0.3) is 0 Å².